The molecule has 0 aliphatic carbocycles. The van der Waals surface area contributed by atoms with Gasteiger partial charge >= 0.3 is 0 Å². The van der Waals surface area contributed by atoms with Gasteiger partial charge in [0.15, 0.2) is 5.82 Å². The first-order chi connectivity index (χ1) is 8.17. The van der Waals surface area contributed by atoms with Gasteiger partial charge in [0, 0.05) is 13.1 Å². The molecule has 0 aromatic heterocycles. The summed E-state index contributed by atoms with van der Waals surface area (Å²) >= 11 is 3.12. The van der Waals surface area contributed by atoms with Gasteiger partial charge in [-0.2, -0.15) is 5.26 Å². The van der Waals surface area contributed by atoms with E-state index in [1.807, 2.05) is 11.0 Å². The lowest BCUT2D eigenvalue weighted by Gasteiger charge is -2.20. The Morgan fingerprint density at radius 3 is 2.94 bits per heavy atom. The fraction of sp³-hybridized carbons (Fsp3) is 0.417. The van der Waals surface area contributed by atoms with E-state index >= 15 is 0 Å². The number of halogens is 2. The molecule has 1 saturated heterocycles. The van der Waals surface area contributed by atoms with Crippen LogP contribution in [0.1, 0.15) is 12.0 Å². The van der Waals surface area contributed by atoms with Crippen LogP contribution in [0.5, 0.6) is 0 Å². The van der Waals surface area contributed by atoms with Crippen LogP contribution >= 0.6 is 15.9 Å². The second kappa shape index (κ2) is 5.03. The van der Waals surface area contributed by atoms with E-state index in [0.29, 0.717) is 23.7 Å². The van der Waals surface area contributed by atoms with E-state index < -0.39 is 0 Å². The first-order valence-electron chi connectivity index (χ1n) is 5.50. The fourth-order valence-electron chi connectivity index (χ4n) is 2.11. The molecule has 0 bridgehead atoms. The van der Waals surface area contributed by atoms with E-state index in [2.05, 4.69) is 15.9 Å². The Morgan fingerprint density at radius 1 is 1.59 bits per heavy atom. The molecule has 1 atom stereocenters. The van der Waals surface area contributed by atoms with Crippen molar-refractivity contribution in [2.45, 2.75) is 6.42 Å². The molecule has 1 heterocycles. The Bertz CT molecular complexity index is 470. The standard InChI is InChI=1S/C12H13BrFN3/c13-11-9(6-16)1-2-10(12(11)14)17-4-3-8(5-15)7-17/h1-2,8H,3-5,7,15H2. The van der Waals surface area contributed by atoms with E-state index in [1.54, 1.807) is 12.1 Å². The van der Waals surface area contributed by atoms with E-state index in [-0.39, 0.29) is 10.3 Å². The maximum atomic E-state index is 14.1. The van der Waals surface area contributed by atoms with Crippen LogP contribution in [0.2, 0.25) is 0 Å². The second-order valence-corrected chi connectivity index (χ2v) is 5.00. The highest BCUT2D eigenvalue weighted by Gasteiger charge is 2.24. The van der Waals surface area contributed by atoms with Crippen molar-refractivity contribution in [3.63, 3.8) is 0 Å². The molecule has 1 aromatic rings. The molecule has 17 heavy (non-hydrogen) atoms. The third kappa shape index (κ3) is 2.28. The zero-order valence-corrected chi connectivity index (χ0v) is 10.9. The highest BCUT2D eigenvalue weighted by atomic mass is 79.9. The molecule has 2 rings (SSSR count). The van der Waals surface area contributed by atoms with Crippen LogP contribution in [-0.4, -0.2) is 19.6 Å². The van der Waals surface area contributed by atoms with Crippen molar-refractivity contribution in [3.8, 4) is 6.07 Å². The summed E-state index contributed by atoms with van der Waals surface area (Å²) in [5.74, 6) is 0.0746. The minimum absolute atomic E-state index is 0.244. The van der Waals surface area contributed by atoms with Gasteiger partial charge in [0.2, 0.25) is 0 Å². The van der Waals surface area contributed by atoms with Crippen LogP contribution < -0.4 is 10.6 Å². The van der Waals surface area contributed by atoms with Crippen molar-refractivity contribution < 1.29 is 4.39 Å². The van der Waals surface area contributed by atoms with E-state index in [1.165, 1.54) is 0 Å². The Hall–Kier alpha value is -1.12. The van der Waals surface area contributed by atoms with E-state index in [9.17, 15) is 4.39 Å². The van der Waals surface area contributed by atoms with Crippen LogP contribution in [0.25, 0.3) is 0 Å². The third-order valence-corrected chi connectivity index (χ3v) is 3.92. The number of anilines is 1. The molecule has 0 radical (unpaired) electrons. The van der Waals surface area contributed by atoms with Crippen molar-refractivity contribution in [2.24, 2.45) is 11.7 Å². The highest BCUT2D eigenvalue weighted by molar-refractivity contribution is 9.10. The smallest absolute Gasteiger partial charge is 0.161 e. The first-order valence-corrected chi connectivity index (χ1v) is 6.29. The van der Waals surface area contributed by atoms with Crippen molar-refractivity contribution >= 4 is 21.6 Å². The molecule has 1 fully saturated rings. The largest absolute Gasteiger partial charge is 0.369 e. The fourth-order valence-corrected chi connectivity index (χ4v) is 2.54. The minimum atomic E-state index is -0.360. The summed E-state index contributed by atoms with van der Waals surface area (Å²) < 4.78 is 14.3. The number of hydrogen-bond donors (Lipinski definition) is 1. The summed E-state index contributed by atoms with van der Waals surface area (Å²) in [6.07, 6.45) is 0.994. The normalized spacial score (nSPS) is 19.4. The number of nitrogens with two attached hydrogens (primary N) is 1. The van der Waals surface area contributed by atoms with Crippen molar-refractivity contribution in [3.05, 3.63) is 28.0 Å². The Labute approximate surface area is 108 Å². The summed E-state index contributed by atoms with van der Waals surface area (Å²) in [4.78, 5) is 1.98. The summed E-state index contributed by atoms with van der Waals surface area (Å²) in [6, 6.07) is 5.25. The number of benzene rings is 1. The summed E-state index contributed by atoms with van der Waals surface area (Å²) in [5, 5.41) is 8.80. The predicted octanol–water partition coefficient (Wildman–Crippen LogP) is 2.24. The quantitative estimate of drug-likeness (QED) is 0.911. The zero-order chi connectivity index (χ0) is 12.4. The average molecular weight is 298 g/mol. The molecule has 5 heteroatoms. The summed E-state index contributed by atoms with van der Waals surface area (Å²) in [5.41, 5.74) is 6.48. The number of hydrogen-bond acceptors (Lipinski definition) is 3. The molecule has 1 aliphatic rings. The van der Waals surface area contributed by atoms with Crippen LogP contribution in [0, 0.1) is 23.1 Å². The second-order valence-electron chi connectivity index (χ2n) is 4.21. The van der Waals surface area contributed by atoms with Crippen LogP contribution in [0.4, 0.5) is 10.1 Å². The van der Waals surface area contributed by atoms with Gasteiger partial charge in [0.05, 0.1) is 15.7 Å². The van der Waals surface area contributed by atoms with Gasteiger partial charge in [0.25, 0.3) is 0 Å². The van der Waals surface area contributed by atoms with Gasteiger partial charge in [-0.1, -0.05) is 0 Å². The maximum Gasteiger partial charge on any atom is 0.161 e. The highest BCUT2D eigenvalue weighted by Crippen LogP contribution is 2.31. The Morgan fingerprint density at radius 2 is 2.35 bits per heavy atom. The molecular formula is C12H13BrFN3. The zero-order valence-electron chi connectivity index (χ0n) is 9.29. The van der Waals surface area contributed by atoms with Gasteiger partial charge in [-0.3, -0.25) is 0 Å². The van der Waals surface area contributed by atoms with Gasteiger partial charge in [-0.25, -0.2) is 4.39 Å². The maximum absolute atomic E-state index is 14.1. The first kappa shape index (κ1) is 12.3. The van der Waals surface area contributed by atoms with E-state index in [0.717, 1.165) is 19.5 Å². The number of nitrogens with zero attached hydrogens (tertiary/aromatic N) is 2. The van der Waals surface area contributed by atoms with Gasteiger partial charge in [-0.05, 0) is 46.9 Å². The third-order valence-electron chi connectivity index (χ3n) is 3.14. The molecule has 90 valence electrons. The molecule has 1 aliphatic heterocycles. The van der Waals surface area contributed by atoms with Gasteiger partial charge < -0.3 is 10.6 Å². The molecule has 3 nitrogen and oxygen atoms in total. The van der Waals surface area contributed by atoms with Crippen LogP contribution in [0.3, 0.4) is 0 Å². The van der Waals surface area contributed by atoms with Crippen molar-refractivity contribution in [1.29, 1.82) is 5.26 Å². The molecule has 0 amide bonds. The van der Waals surface area contributed by atoms with Gasteiger partial charge in [-0.15, -0.1) is 0 Å². The number of rotatable bonds is 2. The molecule has 1 aromatic carbocycles. The summed E-state index contributed by atoms with van der Waals surface area (Å²) in [7, 11) is 0. The minimum Gasteiger partial charge on any atom is -0.369 e. The lowest BCUT2D eigenvalue weighted by Crippen LogP contribution is -2.23. The van der Waals surface area contributed by atoms with Crippen molar-refractivity contribution in [2.75, 3.05) is 24.5 Å². The van der Waals surface area contributed by atoms with Crippen LogP contribution in [0.15, 0.2) is 16.6 Å². The van der Waals surface area contributed by atoms with Crippen LogP contribution in [-0.2, 0) is 0 Å². The Balaban J connectivity index is 2.29. The van der Waals surface area contributed by atoms with Gasteiger partial charge in [0.1, 0.15) is 6.07 Å². The topological polar surface area (TPSA) is 53.0 Å². The predicted molar refractivity (Wildman–Crippen MR) is 68.2 cm³/mol. The lowest BCUT2D eigenvalue weighted by atomic mass is 10.1. The SMILES string of the molecule is N#Cc1ccc(N2CCC(CN)C2)c(F)c1Br. The molecular weight excluding hydrogens is 285 g/mol. The monoisotopic (exact) mass is 297 g/mol. The average Bonchev–Trinajstić information content (AvgIpc) is 2.81. The lowest BCUT2D eigenvalue weighted by molar-refractivity contribution is 0.596. The van der Waals surface area contributed by atoms with Crippen molar-refractivity contribution in [1.82, 2.24) is 0 Å². The molecule has 0 saturated carbocycles. The summed E-state index contributed by atoms with van der Waals surface area (Å²) in [6.45, 7) is 2.23. The van der Waals surface area contributed by atoms with E-state index in [4.69, 9.17) is 11.0 Å². The number of nitriles is 1. The Kier molecular flexibility index (Phi) is 3.65. The molecule has 1 unspecified atom stereocenters. The molecule has 2 N–H and O–H groups in total. The molecule has 0 spiro atoms.